The number of nitrogens with one attached hydrogen (secondary N) is 1. The number of hydrogen-bond donors (Lipinski definition) is 2. The van der Waals surface area contributed by atoms with Crippen molar-refractivity contribution in [3.8, 4) is 5.75 Å². The minimum Gasteiger partial charge on any atom is -0.497 e. The molecular weight excluding hydrogens is 398 g/mol. The molecule has 2 aromatic rings. The van der Waals surface area contributed by atoms with Gasteiger partial charge in [-0.25, -0.2) is 9.78 Å². The molecule has 3 rings (SSSR count). The zero-order valence-electron chi connectivity index (χ0n) is 15.6. The molecule has 9 heteroatoms. The number of carbonyl (C=O) groups is 2. The van der Waals surface area contributed by atoms with Crippen molar-refractivity contribution in [3.05, 3.63) is 40.9 Å². The molecule has 1 aliphatic rings. The summed E-state index contributed by atoms with van der Waals surface area (Å²) in [6.07, 6.45) is 1.44. The fourth-order valence-corrected chi connectivity index (χ4v) is 4.90. The van der Waals surface area contributed by atoms with Crippen molar-refractivity contribution in [1.29, 1.82) is 0 Å². The average molecular weight is 422 g/mol. The first-order chi connectivity index (χ1) is 13.6. The average Bonchev–Trinajstić information content (AvgIpc) is 3.30. The van der Waals surface area contributed by atoms with Crippen LogP contribution in [0.1, 0.15) is 28.9 Å². The highest BCUT2D eigenvalue weighted by atomic mass is 32.2. The molecule has 0 aliphatic carbocycles. The second-order valence-corrected chi connectivity index (χ2v) is 8.61. The van der Waals surface area contributed by atoms with Crippen LogP contribution in [0.4, 0.5) is 0 Å². The van der Waals surface area contributed by atoms with Crippen LogP contribution < -0.4 is 10.1 Å². The first-order valence-electron chi connectivity index (χ1n) is 9.01. The highest BCUT2D eigenvalue weighted by Gasteiger charge is 2.30. The number of methoxy groups -OCH3 is 1. The van der Waals surface area contributed by atoms with Gasteiger partial charge >= 0.3 is 5.97 Å². The number of benzene rings is 1. The number of aromatic carboxylic acids is 1. The normalized spacial score (nSPS) is 16.5. The number of carboxylic acid groups (broad SMARTS) is 1. The van der Waals surface area contributed by atoms with Crippen molar-refractivity contribution in [2.45, 2.75) is 29.8 Å². The summed E-state index contributed by atoms with van der Waals surface area (Å²) in [6, 6.07) is 8.12. The van der Waals surface area contributed by atoms with E-state index in [-0.39, 0.29) is 17.6 Å². The Morgan fingerprint density at radius 1 is 1.43 bits per heavy atom. The van der Waals surface area contributed by atoms with Crippen molar-refractivity contribution in [2.75, 3.05) is 26.0 Å². The molecule has 1 aromatic carbocycles. The number of carbonyl (C=O) groups excluding carboxylic acids is 1. The Morgan fingerprint density at radius 2 is 2.21 bits per heavy atom. The van der Waals surface area contributed by atoms with Gasteiger partial charge in [0.1, 0.15) is 5.75 Å². The number of nitrogens with zero attached hydrogens (tertiary/aromatic N) is 2. The van der Waals surface area contributed by atoms with Crippen LogP contribution in [0.3, 0.4) is 0 Å². The first-order valence-corrected chi connectivity index (χ1v) is 10.9. The predicted molar refractivity (Wildman–Crippen MR) is 109 cm³/mol. The van der Waals surface area contributed by atoms with Crippen molar-refractivity contribution >= 4 is 35.0 Å². The molecule has 28 heavy (non-hydrogen) atoms. The third-order valence-electron chi connectivity index (χ3n) is 4.58. The Balaban J connectivity index is 1.43. The zero-order chi connectivity index (χ0) is 19.9. The van der Waals surface area contributed by atoms with Crippen LogP contribution in [-0.2, 0) is 11.3 Å². The minimum atomic E-state index is -1.01. The lowest BCUT2D eigenvalue weighted by Crippen LogP contribution is -2.41. The number of thiazole rings is 1. The minimum absolute atomic E-state index is 0.0744. The molecule has 2 heterocycles. The van der Waals surface area contributed by atoms with E-state index in [1.54, 1.807) is 7.11 Å². The maximum atomic E-state index is 12.2. The molecule has 7 nitrogen and oxygen atoms in total. The van der Waals surface area contributed by atoms with E-state index in [4.69, 9.17) is 9.84 Å². The molecule has 0 bridgehead atoms. The number of aromatic nitrogens is 1. The highest BCUT2D eigenvalue weighted by Crippen LogP contribution is 2.25. The van der Waals surface area contributed by atoms with Gasteiger partial charge in [-0.15, -0.1) is 11.3 Å². The highest BCUT2D eigenvalue weighted by molar-refractivity contribution is 8.01. The van der Waals surface area contributed by atoms with Gasteiger partial charge in [0.25, 0.3) is 0 Å². The lowest BCUT2D eigenvalue weighted by molar-refractivity contribution is -0.128. The lowest BCUT2D eigenvalue weighted by Gasteiger charge is -2.25. The Kier molecular flexibility index (Phi) is 7.30. The van der Waals surface area contributed by atoms with Gasteiger partial charge in [-0.2, -0.15) is 0 Å². The summed E-state index contributed by atoms with van der Waals surface area (Å²) >= 11 is 2.81. The van der Waals surface area contributed by atoms with Gasteiger partial charge in [-0.05, 0) is 24.1 Å². The van der Waals surface area contributed by atoms with E-state index >= 15 is 0 Å². The largest absolute Gasteiger partial charge is 0.497 e. The van der Waals surface area contributed by atoms with Crippen LogP contribution in [0.25, 0.3) is 0 Å². The summed E-state index contributed by atoms with van der Waals surface area (Å²) < 4.78 is 5.88. The van der Waals surface area contributed by atoms with Crippen LogP contribution in [0.5, 0.6) is 5.75 Å². The summed E-state index contributed by atoms with van der Waals surface area (Å²) in [5.74, 6) is 0.709. The second-order valence-electron chi connectivity index (χ2n) is 6.41. The number of hydrogen-bond acceptors (Lipinski definition) is 7. The van der Waals surface area contributed by atoms with Gasteiger partial charge in [-0.1, -0.05) is 23.9 Å². The summed E-state index contributed by atoms with van der Waals surface area (Å²) in [5.41, 5.74) is 1.25. The van der Waals surface area contributed by atoms with Gasteiger partial charge in [0.15, 0.2) is 10.0 Å². The van der Waals surface area contributed by atoms with Crippen LogP contribution in [0, 0.1) is 0 Å². The number of thioether (sulfide) groups is 1. The fraction of sp³-hybridized carbons (Fsp3) is 0.421. The molecule has 2 N–H and O–H groups in total. The lowest BCUT2D eigenvalue weighted by atomic mass is 10.2. The summed E-state index contributed by atoms with van der Waals surface area (Å²) in [6.45, 7) is 2.14. The van der Waals surface area contributed by atoms with E-state index < -0.39 is 5.97 Å². The number of ether oxygens (including phenoxy) is 1. The van der Waals surface area contributed by atoms with Gasteiger partial charge in [-0.3, -0.25) is 4.79 Å². The zero-order valence-corrected chi connectivity index (χ0v) is 17.2. The van der Waals surface area contributed by atoms with Crippen LogP contribution in [0.15, 0.2) is 34.0 Å². The molecule has 1 fully saturated rings. The summed E-state index contributed by atoms with van der Waals surface area (Å²) in [4.78, 5) is 29.1. The molecule has 1 amide bonds. The molecule has 0 radical (unpaired) electrons. The first kappa shape index (κ1) is 20.6. The van der Waals surface area contributed by atoms with Gasteiger partial charge < -0.3 is 20.1 Å². The number of carboxylic acids is 1. The monoisotopic (exact) mass is 421 g/mol. The molecule has 1 aliphatic heterocycles. The Morgan fingerprint density at radius 3 is 2.89 bits per heavy atom. The second kappa shape index (κ2) is 9.90. The molecular formula is C19H23N3O4S2. The van der Waals surface area contributed by atoms with Gasteiger partial charge in [0.05, 0.1) is 7.11 Å². The number of likely N-dealkylation sites (tertiary alicyclic amines) is 1. The van der Waals surface area contributed by atoms with Crippen molar-refractivity contribution in [1.82, 2.24) is 15.2 Å². The van der Waals surface area contributed by atoms with E-state index in [2.05, 4.69) is 10.3 Å². The molecule has 1 aromatic heterocycles. The number of rotatable bonds is 10. The van der Waals surface area contributed by atoms with Crippen molar-refractivity contribution in [3.63, 3.8) is 0 Å². The van der Waals surface area contributed by atoms with Crippen LogP contribution in [-0.4, -0.2) is 58.9 Å². The van der Waals surface area contributed by atoms with E-state index in [9.17, 15) is 9.59 Å². The topological polar surface area (TPSA) is 91.8 Å². The molecule has 150 valence electrons. The third-order valence-corrected chi connectivity index (χ3v) is 6.58. The molecule has 0 spiro atoms. The van der Waals surface area contributed by atoms with Crippen molar-refractivity contribution < 1.29 is 19.4 Å². The standard InChI is InChI=1S/C19H23N3O4S2/c1-26-15-5-2-13(3-6-15)10-20-11-14-4-7-17(23)22(14)8-9-27-19-21-16(12-28-19)18(24)25/h2-3,5-6,12,14,20H,4,7-11H2,1H3,(H,24,25). The Labute approximate surface area is 172 Å². The van der Waals surface area contributed by atoms with Crippen LogP contribution in [0.2, 0.25) is 0 Å². The fourth-order valence-electron chi connectivity index (χ4n) is 3.09. The Bertz CT molecular complexity index is 810. The molecule has 1 unspecified atom stereocenters. The van der Waals surface area contributed by atoms with Crippen LogP contribution >= 0.6 is 23.1 Å². The summed E-state index contributed by atoms with van der Waals surface area (Å²) in [5, 5.41) is 13.9. The molecule has 1 saturated heterocycles. The molecule has 1 atom stereocenters. The maximum Gasteiger partial charge on any atom is 0.355 e. The third kappa shape index (κ3) is 5.46. The Hall–Kier alpha value is -2.10. The number of amides is 1. The van der Waals surface area contributed by atoms with Crippen molar-refractivity contribution in [2.24, 2.45) is 0 Å². The predicted octanol–water partition coefficient (Wildman–Crippen LogP) is 2.72. The summed E-state index contributed by atoms with van der Waals surface area (Å²) in [7, 11) is 1.65. The van der Waals surface area contributed by atoms with E-state index in [0.29, 0.717) is 18.7 Å². The van der Waals surface area contributed by atoms with Gasteiger partial charge in [0.2, 0.25) is 5.91 Å². The molecule has 0 saturated carbocycles. The van der Waals surface area contributed by atoms with Gasteiger partial charge in [0, 0.05) is 43.2 Å². The quantitative estimate of drug-likeness (QED) is 0.570. The van der Waals surface area contributed by atoms with E-state index in [1.165, 1.54) is 34.0 Å². The van der Waals surface area contributed by atoms with E-state index in [0.717, 1.165) is 29.6 Å². The maximum absolute atomic E-state index is 12.2. The van der Waals surface area contributed by atoms with E-state index in [1.807, 2.05) is 29.2 Å². The SMILES string of the molecule is COc1ccc(CNCC2CCC(=O)N2CCSc2nc(C(=O)O)cs2)cc1. The smallest absolute Gasteiger partial charge is 0.355 e.